The number of H-pyrrole nitrogens is 1. The molecule has 33 heavy (non-hydrogen) atoms. The van der Waals surface area contributed by atoms with Gasteiger partial charge in [0.15, 0.2) is 5.82 Å². The van der Waals surface area contributed by atoms with Crippen LogP contribution in [-0.2, 0) is 13.6 Å². The molecule has 0 bridgehead atoms. The molecule has 5 rings (SSSR count). The number of anilines is 1. The number of aliphatic hydroxyl groups is 1. The summed E-state index contributed by atoms with van der Waals surface area (Å²) in [6, 6.07) is 3.26. The molecular weight excluding hydrogens is 439 g/mol. The van der Waals surface area contributed by atoms with Gasteiger partial charge in [-0.2, -0.15) is 28.5 Å². The van der Waals surface area contributed by atoms with E-state index in [2.05, 4.69) is 30.4 Å². The highest BCUT2D eigenvalue weighted by atomic mass is 19.4. The van der Waals surface area contributed by atoms with Crippen molar-refractivity contribution < 1.29 is 18.3 Å². The Morgan fingerprint density at radius 2 is 2.12 bits per heavy atom. The van der Waals surface area contributed by atoms with E-state index in [0.29, 0.717) is 47.8 Å². The number of alkyl halides is 3. The number of aromatic amines is 1. The number of piperidine rings is 1. The number of aromatic nitrogens is 8. The highest BCUT2D eigenvalue weighted by Crippen LogP contribution is 2.38. The molecule has 2 atom stereocenters. The first-order chi connectivity index (χ1) is 15.7. The molecule has 174 valence electrons. The first-order valence-corrected chi connectivity index (χ1v) is 10.5. The van der Waals surface area contributed by atoms with Crippen LogP contribution in [-0.4, -0.2) is 69.7 Å². The van der Waals surface area contributed by atoms with Gasteiger partial charge in [0, 0.05) is 25.8 Å². The third-order valence-corrected chi connectivity index (χ3v) is 5.86. The number of halogens is 3. The second-order valence-corrected chi connectivity index (χ2v) is 8.24. The molecule has 1 aliphatic heterocycles. The third-order valence-electron chi connectivity index (χ3n) is 5.86. The quantitative estimate of drug-likeness (QED) is 0.480. The zero-order chi connectivity index (χ0) is 23.3. The lowest BCUT2D eigenvalue weighted by molar-refractivity contribution is -0.141. The second kappa shape index (κ2) is 7.83. The fourth-order valence-electron chi connectivity index (χ4n) is 4.38. The van der Waals surface area contributed by atoms with Gasteiger partial charge in [-0.3, -0.25) is 9.78 Å². The van der Waals surface area contributed by atoms with Crippen molar-refractivity contribution in [2.24, 2.45) is 7.05 Å². The number of pyridine rings is 1. The molecule has 0 spiro atoms. The smallest absolute Gasteiger partial charge is 0.393 e. The van der Waals surface area contributed by atoms with Crippen LogP contribution in [0.1, 0.15) is 19.8 Å². The Hall–Kier alpha value is -3.48. The third kappa shape index (κ3) is 3.92. The van der Waals surface area contributed by atoms with Crippen molar-refractivity contribution in [1.82, 2.24) is 39.7 Å². The summed E-state index contributed by atoms with van der Waals surface area (Å²) in [6.45, 7) is 1.16. The highest BCUT2D eigenvalue weighted by molar-refractivity contribution is 5.98. The molecule has 0 radical (unpaired) electrons. The molecule has 5 heterocycles. The van der Waals surface area contributed by atoms with E-state index in [1.807, 2.05) is 11.8 Å². The second-order valence-electron chi connectivity index (χ2n) is 8.24. The summed E-state index contributed by atoms with van der Waals surface area (Å²) >= 11 is 0. The molecule has 0 unspecified atom stereocenters. The molecule has 0 aromatic carbocycles. The summed E-state index contributed by atoms with van der Waals surface area (Å²) in [5.41, 5.74) is 2.31. The number of nitrogens with zero attached hydrogens (tertiary/aromatic N) is 8. The van der Waals surface area contributed by atoms with Gasteiger partial charge in [-0.05, 0) is 31.9 Å². The van der Waals surface area contributed by atoms with Gasteiger partial charge in [0.25, 0.3) is 0 Å². The molecule has 10 nitrogen and oxygen atoms in total. The zero-order valence-electron chi connectivity index (χ0n) is 18.0. The minimum Gasteiger partial charge on any atom is -0.393 e. The standard InChI is InChI=1S/C20H22F3N9O/c1-11-7-12(33)4-6-31(11)15-8-14(19-24-10-26-30(19)2)27-17-16(13-3-5-25-28-13)29-32(18(15)17)9-20(21,22)23/h3,5,8,10-12,33H,4,6-7,9H2,1-2H3,(H,25,28)/t11-,12-/m1/s1. The molecule has 0 aliphatic carbocycles. The van der Waals surface area contributed by atoms with Crippen molar-refractivity contribution in [1.29, 1.82) is 0 Å². The Kier molecular flexibility index (Phi) is 5.07. The molecule has 4 aromatic rings. The number of hydrogen-bond acceptors (Lipinski definition) is 7. The van der Waals surface area contributed by atoms with E-state index in [9.17, 15) is 18.3 Å². The van der Waals surface area contributed by atoms with Crippen LogP contribution in [0, 0.1) is 0 Å². The largest absolute Gasteiger partial charge is 0.408 e. The van der Waals surface area contributed by atoms with Crippen molar-refractivity contribution >= 4 is 16.7 Å². The number of fused-ring (bicyclic) bond motifs is 1. The SMILES string of the molecule is C[C@@H]1C[C@H](O)CCN1c1cc(-c2ncnn2C)nc2c(-c3ccn[nH]3)nn(CC(F)(F)F)c12. The van der Waals surface area contributed by atoms with E-state index >= 15 is 0 Å². The fourth-order valence-corrected chi connectivity index (χ4v) is 4.38. The van der Waals surface area contributed by atoms with Gasteiger partial charge in [0.2, 0.25) is 0 Å². The normalized spacial score (nSPS) is 19.5. The molecule has 0 amide bonds. The van der Waals surface area contributed by atoms with Gasteiger partial charge in [0.05, 0.1) is 17.5 Å². The topological polar surface area (TPSA) is 114 Å². The van der Waals surface area contributed by atoms with E-state index in [1.165, 1.54) is 12.5 Å². The van der Waals surface area contributed by atoms with Crippen molar-refractivity contribution in [3.8, 4) is 22.9 Å². The van der Waals surface area contributed by atoms with E-state index in [1.54, 1.807) is 23.9 Å². The summed E-state index contributed by atoms with van der Waals surface area (Å²) in [7, 11) is 1.72. The predicted molar refractivity (Wildman–Crippen MR) is 113 cm³/mol. The summed E-state index contributed by atoms with van der Waals surface area (Å²) < 4.78 is 43.0. The number of aryl methyl sites for hydroxylation is 1. The summed E-state index contributed by atoms with van der Waals surface area (Å²) in [4.78, 5) is 11.0. The fraction of sp³-hybridized carbons (Fsp3) is 0.450. The minimum atomic E-state index is -4.48. The Labute approximate surface area is 186 Å². The monoisotopic (exact) mass is 461 g/mol. The van der Waals surface area contributed by atoms with E-state index in [0.717, 1.165) is 4.68 Å². The van der Waals surface area contributed by atoms with Gasteiger partial charge < -0.3 is 10.0 Å². The maximum Gasteiger partial charge on any atom is 0.408 e. The minimum absolute atomic E-state index is 0.100. The van der Waals surface area contributed by atoms with Crippen LogP contribution in [0.4, 0.5) is 18.9 Å². The summed E-state index contributed by atoms with van der Waals surface area (Å²) in [5, 5.41) is 25.2. The van der Waals surface area contributed by atoms with Crippen molar-refractivity contribution in [3.05, 3.63) is 24.7 Å². The van der Waals surface area contributed by atoms with Crippen LogP contribution in [0.5, 0.6) is 0 Å². The highest BCUT2D eigenvalue weighted by Gasteiger charge is 2.34. The molecule has 4 aromatic heterocycles. The van der Waals surface area contributed by atoms with Crippen LogP contribution in [0.25, 0.3) is 33.9 Å². The van der Waals surface area contributed by atoms with Gasteiger partial charge in [-0.1, -0.05) is 0 Å². The Balaban J connectivity index is 1.81. The average Bonchev–Trinajstić information content (AvgIpc) is 3.47. The first-order valence-electron chi connectivity index (χ1n) is 10.5. The number of aliphatic hydroxyl groups excluding tert-OH is 1. The van der Waals surface area contributed by atoms with Crippen molar-refractivity contribution in [2.75, 3.05) is 11.4 Å². The Morgan fingerprint density at radius 3 is 2.76 bits per heavy atom. The van der Waals surface area contributed by atoms with Crippen molar-refractivity contribution in [2.45, 2.75) is 44.6 Å². The lowest BCUT2D eigenvalue weighted by atomic mass is 9.99. The lowest BCUT2D eigenvalue weighted by Crippen LogP contribution is -2.43. The van der Waals surface area contributed by atoms with Crippen LogP contribution >= 0.6 is 0 Å². The first kappa shape index (κ1) is 21.4. The molecule has 1 aliphatic rings. The van der Waals surface area contributed by atoms with Crippen LogP contribution in [0.2, 0.25) is 0 Å². The lowest BCUT2D eigenvalue weighted by Gasteiger charge is -2.38. The molecule has 0 saturated carbocycles. The van der Waals surface area contributed by atoms with E-state index < -0.39 is 18.8 Å². The Bertz CT molecular complexity index is 1280. The van der Waals surface area contributed by atoms with Gasteiger partial charge in [-0.25, -0.2) is 14.6 Å². The van der Waals surface area contributed by atoms with Crippen LogP contribution in [0.3, 0.4) is 0 Å². The van der Waals surface area contributed by atoms with Crippen molar-refractivity contribution in [3.63, 3.8) is 0 Å². The molecule has 2 N–H and O–H groups in total. The number of nitrogens with one attached hydrogen (secondary N) is 1. The molecule has 1 saturated heterocycles. The molecule has 1 fully saturated rings. The predicted octanol–water partition coefficient (Wildman–Crippen LogP) is 2.53. The molecular formula is C20H22F3N9O. The Morgan fingerprint density at radius 1 is 1.30 bits per heavy atom. The van der Waals surface area contributed by atoms with E-state index in [-0.39, 0.29) is 17.3 Å². The maximum absolute atomic E-state index is 13.5. The van der Waals surface area contributed by atoms with Gasteiger partial charge >= 0.3 is 6.18 Å². The summed E-state index contributed by atoms with van der Waals surface area (Å²) in [6.07, 6.45) is -1.02. The van der Waals surface area contributed by atoms with Crippen LogP contribution < -0.4 is 4.90 Å². The number of hydrogen-bond donors (Lipinski definition) is 2. The molecule has 13 heteroatoms. The maximum atomic E-state index is 13.5. The zero-order valence-corrected chi connectivity index (χ0v) is 18.0. The van der Waals surface area contributed by atoms with Gasteiger partial charge in [-0.15, -0.1) is 0 Å². The van der Waals surface area contributed by atoms with Gasteiger partial charge in [0.1, 0.15) is 35.3 Å². The average molecular weight is 461 g/mol. The summed E-state index contributed by atoms with van der Waals surface area (Å²) in [5.74, 6) is 0.474. The van der Waals surface area contributed by atoms with E-state index in [4.69, 9.17) is 0 Å². The van der Waals surface area contributed by atoms with Crippen LogP contribution in [0.15, 0.2) is 24.7 Å². The number of rotatable bonds is 4.